The van der Waals surface area contributed by atoms with Crippen molar-refractivity contribution in [3.63, 3.8) is 0 Å². The van der Waals surface area contributed by atoms with Gasteiger partial charge in [0, 0.05) is 29.7 Å². The number of aryl methyl sites for hydroxylation is 1. The highest BCUT2D eigenvalue weighted by Gasteiger charge is 2.42. The molecule has 1 aliphatic carbocycles. The molecule has 1 amide bonds. The minimum atomic E-state index is -0.0239. The lowest BCUT2D eigenvalue weighted by atomic mass is 10.0. The van der Waals surface area contributed by atoms with Crippen molar-refractivity contribution in [1.29, 1.82) is 0 Å². The van der Waals surface area contributed by atoms with Gasteiger partial charge in [0.05, 0.1) is 5.56 Å². The molecular weight excluding hydrogens is 252 g/mol. The van der Waals surface area contributed by atoms with Gasteiger partial charge in [-0.3, -0.25) is 4.79 Å². The Hall–Kier alpha value is -1.81. The van der Waals surface area contributed by atoms with Crippen molar-refractivity contribution in [3.8, 4) is 0 Å². The van der Waals surface area contributed by atoms with Gasteiger partial charge in [-0.05, 0) is 37.7 Å². The standard InChI is InChI=1S/C16H20N2O2/c1-11-14(12-4-2-3-5-13(12)18-11)15(20)17-10-16(6-7-16)8-9-19/h2-5,18-19H,6-10H2,1H3,(H,17,20). The molecule has 3 rings (SSSR count). The zero-order chi connectivity index (χ0) is 14.2. The maximum absolute atomic E-state index is 12.4. The van der Waals surface area contributed by atoms with E-state index in [0.717, 1.165) is 41.4 Å². The molecule has 1 fully saturated rings. The highest BCUT2D eigenvalue weighted by atomic mass is 16.3. The smallest absolute Gasteiger partial charge is 0.253 e. The number of carbonyl (C=O) groups excluding carboxylic acids is 1. The fourth-order valence-electron chi connectivity index (χ4n) is 2.85. The highest BCUT2D eigenvalue weighted by Crippen LogP contribution is 2.47. The van der Waals surface area contributed by atoms with Gasteiger partial charge in [0.25, 0.3) is 5.91 Å². The third kappa shape index (κ3) is 2.31. The molecule has 1 aromatic carbocycles. The summed E-state index contributed by atoms with van der Waals surface area (Å²) >= 11 is 0. The average Bonchev–Trinajstić information content (AvgIpc) is 3.11. The third-order valence-electron chi connectivity index (χ3n) is 4.34. The number of carbonyl (C=O) groups is 1. The van der Waals surface area contributed by atoms with Gasteiger partial charge in [-0.25, -0.2) is 0 Å². The molecule has 0 aliphatic heterocycles. The van der Waals surface area contributed by atoms with E-state index in [4.69, 9.17) is 5.11 Å². The van der Waals surface area contributed by atoms with Crippen LogP contribution in [0.5, 0.6) is 0 Å². The summed E-state index contributed by atoms with van der Waals surface area (Å²) in [7, 11) is 0. The Labute approximate surface area is 118 Å². The molecule has 0 spiro atoms. The number of aromatic nitrogens is 1. The number of amides is 1. The van der Waals surface area contributed by atoms with Gasteiger partial charge < -0.3 is 15.4 Å². The fourth-order valence-corrected chi connectivity index (χ4v) is 2.85. The van der Waals surface area contributed by atoms with E-state index in [1.165, 1.54) is 0 Å². The lowest BCUT2D eigenvalue weighted by Crippen LogP contribution is -2.31. The number of nitrogens with one attached hydrogen (secondary N) is 2. The van der Waals surface area contributed by atoms with Gasteiger partial charge in [0.15, 0.2) is 0 Å². The summed E-state index contributed by atoms with van der Waals surface area (Å²) in [5.74, 6) is -0.0239. The molecule has 1 aromatic heterocycles. The maximum Gasteiger partial charge on any atom is 0.253 e. The third-order valence-corrected chi connectivity index (χ3v) is 4.34. The Morgan fingerprint density at radius 2 is 2.15 bits per heavy atom. The van der Waals surface area contributed by atoms with Gasteiger partial charge in [-0.2, -0.15) is 0 Å². The van der Waals surface area contributed by atoms with Crippen LogP contribution in [0.25, 0.3) is 10.9 Å². The molecule has 1 saturated carbocycles. The van der Waals surface area contributed by atoms with Crippen molar-refractivity contribution < 1.29 is 9.90 Å². The van der Waals surface area contributed by atoms with Crippen LogP contribution < -0.4 is 5.32 Å². The van der Waals surface area contributed by atoms with E-state index in [1.807, 2.05) is 31.2 Å². The van der Waals surface area contributed by atoms with E-state index in [2.05, 4.69) is 10.3 Å². The molecule has 0 saturated heterocycles. The molecule has 3 N–H and O–H groups in total. The predicted octanol–water partition coefficient (Wildman–Crippen LogP) is 2.37. The first-order valence-electron chi connectivity index (χ1n) is 7.12. The molecule has 1 aliphatic rings. The van der Waals surface area contributed by atoms with Crippen LogP contribution in [0.4, 0.5) is 0 Å². The number of H-pyrrole nitrogens is 1. The normalized spacial score (nSPS) is 16.3. The van der Waals surface area contributed by atoms with Gasteiger partial charge in [0.2, 0.25) is 0 Å². The Bertz CT molecular complexity index is 641. The van der Waals surface area contributed by atoms with Crippen LogP contribution in [0.3, 0.4) is 0 Å². The second-order valence-corrected chi connectivity index (χ2v) is 5.83. The van der Waals surface area contributed by atoms with Crippen LogP contribution in [0.2, 0.25) is 0 Å². The summed E-state index contributed by atoms with van der Waals surface area (Å²) in [4.78, 5) is 15.7. The fraction of sp³-hybridized carbons (Fsp3) is 0.438. The number of aromatic amines is 1. The van der Waals surface area contributed by atoms with Gasteiger partial charge >= 0.3 is 0 Å². The number of hydrogen-bond acceptors (Lipinski definition) is 2. The monoisotopic (exact) mass is 272 g/mol. The summed E-state index contributed by atoms with van der Waals surface area (Å²) < 4.78 is 0. The number of hydrogen-bond donors (Lipinski definition) is 3. The molecule has 1 heterocycles. The first-order chi connectivity index (χ1) is 9.65. The van der Waals surface area contributed by atoms with Crippen LogP contribution in [0, 0.1) is 12.3 Å². The first kappa shape index (κ1) is 13.2. The predicted molar refractivity (Wildman–Crippen MR) is 78.7 cm³/mol. The summed E-state index contributed by atoms with van der Waals surface area (Å²) in [6, 6.07) is 7.85. The number of aliphatic hydroxyl groups excluding tert-OH is 1. The molecule has 0 unspecified atom stereocenters. The molecule has 4 heteroatoms. The number of rotatable bonds is 5. The molecule has 2 aromatic rings. The minimum Gasteiger partial charge on any atom is -0.396 e. The van der Waals surface area contributed by atoms with Gasteiger partial charge in [-0.1, -0.05) is 18.2 Å². The van der Waals surface area contributed by atoms with Gasteiger partial charge in [0.1, 0.15) is 0 Å². The summed E-state index contributed by atoms with van der Waals surface area (Å²) in [6.45, 7) is 2.78. The number of benzene rings is 1. The minimum absolute atomic E-state index is 0.0239. The van der Waals surface area contributed by atoms with E-state index in [1.54, 1.807) is 0 Å². The Balaban J connectivity index is 1.77. The van der Waals surface area contributed by atoms with Crippen LogP contribution in [-0.4, -0.2) is 29.1 Å². The molecule has 0 atom stereocenters. The number of para-hydroxylation sites is 1. The SMILES string of the molecule is Cc1[nH]c2ccccc2c1C(=O)NCC1(CCO)CC1. The van der Waals surface area contributed by atoms with E-state index in [9.17, 15) is 4.79 Å². The lowest BCUT2D eigenvalue weighted by molar-refractivity contribution is 0.0942. The Morgan fingerprint density at radius 3 is 2.85 bits per heavy atom. The molecule has 20 heavy (non-hydrogen) atoms. The van der Waals surface area contributed by atoms with Crippen LogP contribution >= 0.6 is 0 Å². The van der Waals surface area contributed by atoms with Crippen molar-refractivity contribution in [2.75, 3.05) is 13.2 Å². The molecule has 4 nitrogen and oxygen atoms in total. The zero-order valence-corrected chi connectivity index (χ0v) is 11.7. The van der Waals surface area contributed by atoms with Crippen molar-refractivity contribution in [2.45, 2.75) is 26.2 Å². The van der Waals surface area contributed by atoms with E-state index < -0.39 is 0 Å². The highest BCUT2D eigenvalue weighted by molar-refractivity contribution is 6.08. The maximum atomic E-state index is 12.4. The molecular formula is C16H20N2O2. The van der Waals surface area contributed by atoms with Crippen LogP contribution in [-0.2, 0) is 0 Å². The lowest BCUT2D eigenvalue weighted by Gasteiger charge is -2.14. The van der Waals surface area contributed by atoms with Crippen molar-refractivity contribution in [3.05, 3.63) is 35.5 Å². The summed E-state index contributed by atoms with van der Waals surface area (Å²) in [5.41, 5.74) is 2.77. The average molecular weight is 272 g/mol. The largest absolute Gasteiger partial charge is 0.396 e. The Kier molecular flexibility index (Phi) is 3.26. The number of fused-ring (bicyclic) bond motifs is 1. The molecule has 0 bridgehead atoms. The topological polar surface area (TPSA) is 65.1 Å². The van der Waals surface area contributed by atoms with Crippen LogP contribution in [0.15, 0.2) is 24.3 Å². The summed E-state index contributed by atoms with van der Waals surface area (Å²) in [5, 5.41) is 13.1. The van der Waals surface area contributed by atoms with Gasteiger partial charge in [-0.15, -0.1) is 0 Å². The van der Waals surface area contributed by atoms with Crippen molar-refractivity contribution in [2.24, 2.45) is 5.41 Å². The van der Waals surface area contributed by atoms with Crippen LogP contribution in [0.1, 0.15) is 35.3 Å². The molecule has 106 valence electrons. The second-order valence-electron chi connectivity index (χ2n) is 5.83. The van der Waals surface area contributed by atoms with Crippen molar-refractivity contribution >= 4 is 16.8 Å². The first-order valence-corrected chi connectivity index (χ1v) is 7.12. The van der Waals surface area contributed by atoms with E-state index in [0.29, 0.717) is 6.54 Å². The summed E-state index contributed by atoms with van der Waals surface area (Å²) in [6.07, 6.45) is 2.97. The van der Waals surface area contributed by atoms with E-state index >= 15 is 0 Å². The zero-order valence-electron chi connectivity index (χ0n) is 11.7. The van der Waals surface area contributed by atoms with E-state index in [-0.39, 0.29) is 17.9 Å². The Morgan fingerprint density at radius 1 is 1.40 bits per heavy atom. The second kappa shape index (κ2) is 4.94. The van der Waals surface area contributed by atoms with Crippen molar-refractivity contribution in [1.82, 2.24) is 10.3 Å². The quantitative estimate of drug-likeness (QED) is 0.782. The molecule has 0 radical (unpaired) electrons. The number of aliphatic hydroxyl groups is 1.